The smallest absolute Gasteiger partial charge is 0.305 e. The van der Waals surface area contributed by atoms with Crippen molar-refractivity contribution in [2.24, 2.45) is 0 Å². The molecule has 1 aromatic heterocycles. The molecule has 1 amide bonds. The lowest BCUT2D eigenvalue weighted by Crippen LogP contribution is -2.46. The predicted molar refractivity (Wildman–Crippen MR) is 80.0 cm³/mol. The van der Waals surface area contributed by atoms with Crippen molar-refractivity contribution in [1.82, 2.24) is 9.47 Å². The van der Waals surface area contributed by atoms with Crippen molar-refractivity contribution >= 4 is 27.8 Å². The van der Waals surface area contributed by atoms with Crippen LogP contribution in [0.5, 0.6) is 0 Å². The number of pyridine rings is 1. The maximum absolute atomic E-state index is 12.4. The molecule has 21 heavy (non-hydrogen) atoms. The molecule has 2 rings (SSSR count). The van der Waals surface area contributed by atoms with Gasteiger partial charge >= 0.3 is 5.97 Å². The Morgan fingerprint density at radius 1 is 1.33 bits per heavy atom. The molecule has 0 aromatic carbocycles. The Hall–Kier alpha value is -1.63. The molecule has 0 spiro atoms. The van der Waals surface area contributed by atoms with Gasteiger partial charge in [0.1, 0.15) is 6.54 Å². The van der Waals surface area contributed by atoms with Crippen LogP contribution in [-0.4, -0.2) is 39.0 Å². The number of carbonyl (C=O) groups excluding carboxylic acids is 1. The zero-order chi connectivity index (χ0) is 15.4. The van der Waals surface area contributed by atoms with E-state index in [1.807, 2.05) is 0 Å². The highest BCUT2D eigenvalue weighted by molar-refractivity contribution is 9.10. The molecule has 1 aromatic rings. The number of hydrogen-bond donors (Lipinski definition) is 1. The number of aromatic nitrogens is 1. The first-order chi connectivity index (χ1) is 9.97. The molecular weight excluding hydrogens is 340 g/mol. The number of carboxylic acids is 1. The van der Waals surface area contributed by atoms with Crippen LogP contribution < -0.4 is 5.56 Å². The van der Waals surface area contributed by atoms with Gasteiger partial charge in [-0.2, -0.15) is 0 Å². The Morgan fingerprint density at radius 2 is 2.10 bits per heavy atom. The molecule has 1 fully saturated rings. The first-order valence-corrected chi connectivity index (χ1v) is 7.64. The van der Waals surface area contributed by atoms with Crippen LogP contribution in [0.2, 0.25) is 0 Å². The molecule has 1 aliphatic heterocycles. The molecule has 1 N–H and O–H groups in total. The number of amides is 1. The first kappa shape index (κ1) is 15.8. The second kappa shape index (κ2) is 6.89. The topological polar surface area (TPSA) is 79.6 Å². The lowest BCUT2D eigenvalue weighted by Gasteiger charge is -2.35. The largest absolute Gasteiger partial charge is 0.481 e. The van der Waals surface area contributed by atoms with E-state index in [2.05, 4.69) is 15.9 Å². The molecule has 0 aliphatic carbocycles. The van der Waals surface area contributed by atoms with Gasteiger partial charge in [0.05, 0.1) is 6.42 Å². The third-order valence-corrected chi connectivity index (χ3v) is 4.08. The molecule has 0 radical (unpaired) electrons. The van der Waals surface area contributed by atoms with Crippen LogP contribution in [0.1, 0.15) is 25.7 Å². The molecule has 6 nitrogen and oxygen atoms in total. The van der Waals surface area contributed by atoms with E-state index in [0.29, 0.717) is 13.0 Å². The predicted octanol–water partition coefficient (Wildman–Crippen LogP) is 1.47. The van der Waals surface area contributed by atoms with E-state index in [0.717, 1.165) is 17.3 Å². The number of nitrogens with zero attached hydrogens (tertiary/aromatic N) is 2. The average molecular weight is 357 g/mol. The molecule has 1 saturated heterocycles. The monoisotopic (exact) mass is 356 g/mol. The first-order valence-electron chi connectivity index (χ1n) is 6.84. The summed E-state index contributed by atoms with van der Waals surface area (Å²) in [5.74, 6) is -1.11. The Morgan fingerprint density at radius 3 is 2.81 bits per heavy atom. The fourth-order valence-corrected chi connectivity index (χ4v) is 2.98. The van der Waals surface area contributed by atoms with Crippen LogP contribution in [-0.2, 0) is 16.1 Å². The molecule has 1 unspecified atom stereocenters. The zero-order valence-corrected chi connectivity index (χ0v) is 13.1. The van der Waals surface area contributed by atoms with E-state index in [1.165, 1.54) is 10.6 Å². The number of carbonyl (C=O) groups is 2. The Labute approximate surface area is 130 Å². The summed E-state index contributed by atoms with van der Waals surface area (Å²) in [5, 5.41) is 8.94. The molecule has 0 saturated carbocycles. The van der Waals surface area contributed by atoms with Gasteiger partial charge in [-0.25, -0.2) is 0 Å². The van der Waals surface area contributed by atoms with E-state index >= 15 is 0 Å². The van der Waals surface area contributed by atoms with E-state index in [9.17, 15) is 14.4 Å². The summed E-state index contributed by atoms with van der Waals surface area (Å²) in [6.45, 7) is 0.494. The quantitative estimate of drug-likeness (QED) is 0.885. The fraction of sp³-hybridized carbons (Fsp3) is 0.500. The van der Waals surface area contributed by atoms with Gasteiger partial charge in [-0.1, -0.05) is 0 Å². The molecule has 7 heteroatoms. The van der Waals surface area contributed by atoms with Gasteiger partial charge < -0.3 is 14.6 Å². The van der Waals surface area contributed by atoms with Crippen molar-refractivity contribution in [3.8, 4) is 0 Å². The normalized spacial score (nSPS) is 18.5. The molecule has 114 valence electrons. The van der Waals surface area contributed by atoms with Crippen molar-refractivity contribution in [3.63, 3.8) is 0 Å². The van der Waals surface area contributed by atoms with Crippen LogP contribution in [0.25, 0.3) is 0 Å². The van der Waals surface area contributed by atoms with Crippen molar-refractivity contribution in [2.75, 3.05) is 6.54 Å². The number of likely N-dealkylation sites (tertiary alicyclic amines) is 1. The van der Waals surface area contributed by atoms with E-state index in [-0.39, 0.29) is 30.5 Å². The van der Waals surface area contributed by atoms with Gasteiger partial charge in [0, 0.05) is 29.3 Å². The summed E-state index contributed by atoms with van der Waals surface area (Å²) in [5.41, 5.74) is -0.252. The SMILES string of the molecule is O=C(O)CC1CCCCN1C(=O)Cn1cc(Br)ccc1=O. The van der Waals surface area contributed by atoms with E-state index in [1.54, 1.807) is 17.2 Å². The molecule has 1 atom stereocenters. The number of aliphatic carboxylic acids is 1. The summed E-state index contributed by atoms with van der Waals surface area (Å²) >= 11 is 3.26. The van der Waals surface area contributed by atoms with Gasteiger partial charge in [-0.15, -0.1) is 0 Å². The van der Waals surface area contributed by atoms with Crippen LogP contribution >= 0.6 is 15.9 Å². The third-order valence-electron chi connectivity index (χ3n) is 3.61. The lowest BCUT2D eigenvalue weighted by molar-refractivity contribution is -0.142. The van der Waals surface area contributed by atoms with Gasteiger partial charge in [0.2, 0.25) is 5.91 Å². The second-order valence-electron chi connectivity index (χ2n) is 5.15. The number of piperidine rings is 1. The summed E-state index contributed by atoms with van der Waals surface area (Å²) in [7, 11) is 0. The standard InChI is InChI=1S/C14H17BrN2O4/c15-10-4-5-12(18)16(8-10)9-13(19)17-6-2-1-3-11(17)7-14(20)21/h4-5,8,11H,1-3,6-7,9H2,(H,20,21). The summed E-state index contributed by atoms with van der Waals surface area (Å²) < 4.78 is 2.05. The maximum Gasteiger partial charge on any atom is 0.305 e. The average Bonchev–Trinajstić information content (AvgIpc) is 2.42. The fourth-order valence-electron chi connectivity index (χ4n) is 2.60. The summed E-state index contributed by atoms with van der Waals surface area (Å²) in [4.78, 5) is 36.6. The number of carboxylic acid groups (broad SMARTS) is 1. The van der Waals surface area contributed by atoms with Gasteiger partial charge in [0.25, 0.3) is 5.56 Å². The summed E-state index contributed by atoms with van der Waals surface area (Å²) in [6, 6.07) is 2.74. The third kappa shape index (κ3) is 4.17. The van der Waals surface area contributed by atoms with Crippen molar-refractivity contribution < 1.29 is 14.7 Å². The Balaban J connectivity index is 2.12. The Kier molecular flexibility index (Phi) is 5.17. The minimum Gasteiger partial charge on any atom is -0.481 e. The minimum absolute atomic E-state index is 0.0425. The van der Waals surface area contributed by atoms with Gasteiger partial charge in [-0.05, 0) is 41.3 Å². The maximum atomic E-state index is 12.4. The second-order valence-corrected chi connectivity index (χ2v) is 6.06. The van der Waals surface area contributed by atoms with Crippen LogP contribution in [0.3, 0.4) is 0 Å². The molecule has 1 aliphatic rings. The van der Waals surface area contributed by atoms with Crippen molar-refractivity contribution in [2.45, 2.75) is 38.3 Å². The highest BCUT2D eigenvalue weighted by atomic mass is 79.9. The highest BCUT2D eigenvalue weighted by Gasteiger charge is 2.28. The van der Waals surface area contributed by atoms with Crippen molar-refractivity contribution in [1.29, 1.82) is 0 Å². The lowest BCUT2D eigenvalue weighted by atomic mass is 9.99. The molecular formula is C14H17BrN2O4. The van der Waals surface area contributed by atoms with Crippen molar-refractivity contribution in [3.05, 3.63) is 33.2 Å². The summed E-state index contributed by atoms with van der Waals surface area (Å²) in [6.07, 6.45) is 4.02. The van der Waals surface area contributed by atoms with Gasteiger partial charge in [0.15, 0.2) is 0 Å². The van der Waals surface area contributed by atoms with Gasteiger partial charge in [-0.3, -0.25) is 14.4 Å². The number of rotatable bonds is 4. The molecule has 0 bridgehead atoms. The zero-order valence-electron chi connectivity index (χ0n) is 11.5. The van der Waals surface area contributed by atoms with Crippen LogP contribution in [0.4, 0.5) is 0 Å². The highest BCUT2D eigenvalue weighted by Crippen LogP contribution is 2.20. The number of halogens is 1. The van der Waals surface area contributed by atoms with E-state index < -0.39 is 5.97 Å². The van der Waals surface area contributed by atoms with Crippen LogP contribution in [0, 0.1) is 0 Å². The van der Waals surface area contributed by atoms with Crippen LogP contribution in [0.15, 0.2) is 27.6 Å². The Bertz CT molecular complexity index is 599. The van der Waals surface area contributed by atoms with E-state index in [4.69, 9.17) is 5.11 Å². The minimum atomic E-state index is -0.903. The number of hydrogen-bond acceptors (Lipinski definition) is 3. The molecule has 2 heterocycles.